The van der Waals surface area contributed by atoms with E-state index in [0.29, 0.717) is 48.9 Å². The van der Waals surface area contributed by atoms with Crippen molar-refractivity contribution < 1.29 is 18.3 Å². The van der Waals surface area contributed by atoms with Gasteiger partial charge >= 0.3 is 0 Å². The second-order valence-electron chi connectivity index (χ2n) is 9.07. The summed E-state index contributed by atoms with van der Waals surface area (Å²) in [6.45, 7) is 5.73. The molecule has 3 aromatic rings. The Labute approximate surface area is 213 Å². The molecule has 1 aromatic carbocycles. The molecule has 2 fully saturated rings. The first kappa shape index (κ1) is 24.6. The van der Waals surface area contributed by atoms with Crippen LogP contribution < -0.4 is 4.90 Å². The largest absolute Gasteiger partial charge is 0.378 e. The van der Waals surface area contributed by atoms with Crippen molar-refractivity contribution in [2.75, 3.05) is 44.3 Å². The third-order valence-corrected chi connectivity index (χ3v) is 7.70. The highest BCUT2D eigenvalue weighted by Gasteiger charge is 2.32. The molecule has 2 aliphatic heterocycles. The third kappa shape index (κ3) is 4.80. The zero-order valence-corrected chi connectivity index (χ0v) is 21.2. The second-order valence-corrected chi connectivity index (χ2v) is 10.0. The lowest BCUT2D eigenvalue weighted by Gasteiger charge is -2.35. The van der Waals surface area contributed by atoms with Crippen molar-refractivity contribution in [3.8, 4) is 11.3 Å². The number of hydrogen-bond donors (Lipinski definition) is 1. The van der Waals surface area contributed by atoms with Crippen molar-refractivity contribution in [3.63, 3.8) is 0 Å². The topological polar surface area (TPSA) is 101 Å². The molecule has 1 amide bonds. The molecule has 2 aromatic heterocycles. The summed E-state index contributed by atoms with van der Waals surface area (Å²) in [5.74, 6) is -0.112. The highest BCUT2D eigenvalue weighted by atomic mass is 32.2. The van der Waals surface area contributed by atoms with E-state index in [9.17, 15) is 13.6 Å². The molecule has 5 rings (SSSR count). The Bertz CT molecular complexity index is 1240. The predicted octanol–water partition coefficient (Wildman–Crippen LogP) is 3.40. The van der Waals surface area contributed by atoms with Crippen molar-refractivity contribution >= 4 is 22.7 Å². The molecule has 4 heterocycles. The van der Waals surface area contributed by atoms with E-state index < -0.39 is 11.1 Å². The Balaban J connectivity index is 1.62. The summed E-state index contributed by atoms with van der Waals surface area (Å²) < 4.78 is 29.8. The van der Waals surface area contributed by atoms with Crippen LogP contribution in [0, 0.1) is 0 Å². The number of pyridine rings is 1. The number of hydrogen-bond acceptors (Lipinski definition) is 6. The molecule has 0 aliphatic carbocycles. The van der Waals surface area contributed by atoms with E-state index in [1.54, 1.807) is 29.4 Å². The van der Waals surface area contributed by atoms with Gasteiger partial charge in [0.05, 0.1) is 29.8 Å². The van der Waals surface area contributed by atoms with Crippen LogP contribution in [0.5, 0.6) is 0 Å². The van der Waals surface area contributed by atoms with Crippen LogP contribution in [-0.4, -0.2) is 73.7 Å². The molecular formula is C26H31N5O4S. The van der Waals surface area contributed by atoms with Gasteiger partial charge in [-0.2, -0.15) is 5.10 Å². The molecule has 1 unspecified atom stereocenters. The van der Waals surface area contributed by atoms with Gasteiger partial charge in [-0.1, -0.05) is 25.1 Å². The number of aromatic nitrogens is 3. The normalized spacial score (nSPS) is 19.3. The van der Waals surface area contributed by atoms with Gasteiger partial charge in [0.1, 0.15) is 0 Å². The van der Waals surface area contributed by atoms with Gasteiger partial charge in [-0.3, -0.25) is 14.5 Å². The number of nitrogens with zero attached hydrogens (tertiary/aromatic N) is 5. The number of carbonyl (C=O) groups excluding carboxylic acids is 1. The minimum atomic E-state index is -2.18. The third-order valence-electron chi connectivity index (χ3n) is 6.96. The van der Waals surface area contributed by atoms with E-state index in [0.717, 1.165) is 42.9 Å². The van der Waals surface area contributed by atoms with Gasteiger partial charge in [0, 0.05) is 55.4 Å². The number of anilines is 1. The van der Waals surface area contributed by atoms with Crippen molar-refractivity contribution in [2.24, 2.45) is 0 Å². The fourth-order valence-electron chi connectivity index (χ4n) is 5.20. The number of piperidine rings is 1. The molecule has 2 atom stereocenters. The Morgan fingerprint density at radius 1 is 1.14 bits per heavy atom. The summed E-state index contributed by atoms with van der Waals surface area (Å²) in [4.78, 5) is 22.2. The lowest BCUT2D eigenvalue weighted by atomic mass is 10.0. The Morgan fingerprint density at radius 2 is 1.89 bits per heavy atom. The molecule has 2 aliphatic rings. The van der Waals surface area contributed by atoms with Gasteiger partial charge in [0.15, 0.2) is 16.8 Å². The minimum absolute atomic E-state index is 0.00126. The zero-order valence-electron chi connectivity index (χ0n) is 20.4. The quantitative estimate of drug-likeness (QED) is 0.508. The molecule has 9 nitrogen and oxygen atoms in total. The van der Waals surface area contributed by atoms with Gasteiger partial charge in [0.25, 0.3) is 5.91 Å². The van der Waals surface area contributed by atoms with E-state index in [4.69, 9.17) is 9.84 Å². The second kappa shape index (κ2) is 10.9. The number of benzene rings is 1. The molecule has 0 spiro atoms. The fraction of sp³-hybridized carbons (Fsp3) is 0.423. The molecule has 36 heavy (non-hydrogen) atoms. The van der Waals surface area contributed by atoms with E-state index in [-0.39, 0.29) is 11.9 Å². The van der Waals surface area contributed by atoms with E-state index in [1.807, 2.05) is 35.9 Å². The molecule has 1 N–H and O–H groups in total. The van der Waals surface area contributed by atoms with E-state index in [1.165, 1.54) is 0 Å². The predicted molar refractivity (Wildman–Crippen MR) is 138 cm³/mol. The van der Waals surface area contributed by atoms with Crippen molar-refractivity contribution in [2.45, 2.75) is 37.1 Å². The number of amides is 1. The van der Waals surface area contributed by atoms with Crippen LogP contribution in [0.3, 0.4) is 0 Å². The van der Waals surface area contributed by atoms with Crippen LogP contribution in [0.2, 0.25) is 0 Å². The molecule has 0 saturated carbocycles. The van der Waals surface area contributed by atoms with Crippen LogP contribution in [0.4, 0.5) is 5.69 Å². The monoisotopic (exact) mass is 509 g/mol. The van der Waals surface area contributed by atoms with E-state index >= 15 is 0 Å². The van der Waals surface area contributed by atoms with Crippen LogP contribution >= 0.6 is 0 Å². The van der Waals surface area contributed by atoms with Gasteiger partial charge in [0.2, 0.25) is 0 Å². The summed E-state index contributed by atoms with van der Waals surface area (Å²) in [7, 11) is 0. The molecular weight excluding hydrogens is 478 g/mol. The van der Waals surface area contributed by atoms with Gasteiger partial charge < -0.3 is 19.1 Å². The lowest BCUT2D eigenvalue weighted by Crippen LogP contribution is -2.41. The summed E-state index contributed by atoms with van der Waals surface area (Å²) >= 11 is -2.18. The van der Waals surface area contributed by atoms with Gasteiger partial charge in [-0.25, -0.2) is 4.21 Å². The van der Waals surface area contributed by atoms with E-state index in [2.05, 4.69) is 9.88 Å². The minimum Gasteiger partial charge on any atom is -0.378 e. The highest BCUT2D eigenvalue weighted by molar-refractivity contribution is 7.79. The summed E-state index contributed by atoms with van der Waals surface area (Å²) in [5.41, 5.74) is 3.73. The first-order valence-corrected chi connectivity index (χ1v) is 13.5. The Kier molecular flexibility index (Phi) is 7.45. The first-order chi connectivity index (χ1) is 17.6. The summed E-state index contributed by atoms with van der Waals surface area (Å²) in [6.07, 6.45) is 6.02. The van der Waals surface area contributed by atoms with Gasteiger partial charge in [-0.05, 0) is 37.5 Å². The first-order valence-electron chi connectivity index (χ1n) is 12.4. The SMILES string of the molecule is CCc1c(C(=O)N2CCOCC2)nn([C@H]2CCCN(c3ccncc3)C2)c1-c1ccccc1S(=O)O. The number of ether oxygens (including phenoxy) is 1. The molecule has 0 bridgehead atoms. The number of carbonyl (C=O) groups is 1. The van der Waals surface area contributed by atoms with Crippen LogP contribution in [0.15, 0.2) is 53.7 Å². The Morgan fingerprint density at radius 3 is 2.61 bits per heavy atom. The molecule has 0 radical (unpaired) electrons. The zero-order chi connectivity index (χ0) is 25.1. The smallest absolute Gasteiger partial charge is 0.274 e. The fourth-order valence-corrected chi connectivity index (χ4v) is 5.75. The average molecular weight is 510 g/mol. The maximum Gasteiger partial charge on any atom is 0.274 e. The summed E-state index contributed by atoms with van der Waals surface area (Å²) in [5, 5.41) is 4.95. The van der Waals surface area contributed by atoms with Crippen molar-refractivity contribution in [1.82, 2.24) is 19.7 Å². The lowest BCUT2D eigenvalue weighted by molar-refractivity contribution is 0.0297. The van der Waals surface area contributed by atoms with Crippen LogP contribution in [0.25, 0.3) is 11.3 Å². The van der Waals surface area contributed by atoms with Crippen molar-refractivity contribution in [3.05, 3.63) is 60.0 Å². The average Bonchev–Trinajstić information content (AvgIpc) is 3.33. The molecule has 190 valence electrons. The van der Waals surface area contributed by atoms with Crippen LogP contribution in [-0.2, 0) is 22.2 Å². The Hall–Kier alpha value is -3.08. The van der Waals surface area contributed by atoms with Gasteiger partial charge in [-0.15, -0.1) is 0 Å². The molecule has 2 saturated heterocycles. The molecule has 10 heteroatoms. The highest BCUT2D eigenvalue weighted by Crippen LogP contribution is 2.36. The maximum absolute atomic E-state index is 13.6. The summed E-state index contributed by atoms with van der Waals surface area (Å²) in [6, 6.07) is 11.1. The van der Waals surface area contributed by atoms with Crippen LogP contribution in [0.1, 0.15) is 41.9 Å². The number of rotatable bonds is 6. The standard InChI is InChI=1S/C26H31N5O4S/c1-2-21-24(26(32)29-14-16-35-17-15-29)28-31(25(21)22-7-3-4-8-23(22)36(33)34)20-6-5-13-30(18-20)19-9-11-27-12-10-19/h3-4,7-12,20H,2,5-6,13-18H2,1H3,(H,33,34)/t20-/m0/s1. The number of morpholine rings is 1. The van der Waals surface area contributed by atoms with Crippen molar-refractivity contribution in [1.29, 1.82) is 0 Å². The maximum atomic E-state index is 13.6.